The van der Waals surface area contributed by atoms with Crippen LogP contribution in [0.2, 0.25) is 0 Å². The summed E-state index contributed by atoms with van der Waals surface area (Å²) in [6.07, 6.45) is 6.72. The summed E-state index contributed by atoms with van der Waals surface area (Å²) < 4.78 is 7.08. The minimum Gasteiger partial charge on any atom is -0.293 e. The number of para-hydroxylation sites is 2. The summed E-state index contributed by atoms with van der Waals surface area (Å²) in [6.45, 7) is 6.47. The first-order valence-corrected chi connectivity index (χ1v) is 18.3. The smallest absolute Gasteiger partial charge is 0.199 e. The number of aromatic nitrogens is 3. The zero-order chi connectivity index (χ0) is 32.5. The molecule has 5 aromatic heterocycles. The van der Waals surface area contributed by atoms with Gasteiger partial charge in [-0.1, -0.05) is 57.2 Å². The van der Waals surface area contributed by atoms with Crippen molar-refractivity contribution in [1.82, 2.24) is 13.2 Å². The molecule has 0 saturated heterocycles. The highest BCUT2D eigenvalue weighted by Gasteiger charge is 2.65. The molecule has 0 amide bonds. The summed E-state index contributed by atoms with van der Waals surface area (Å²) in [6, 6.07) is 26.1. The lowest BCUT2D eigenvalue weighted by Gasteiger charge is -2.48. The van der Waals surface area contributed by atoms with E-state index in [2.05, 4.69) is 107 Å². The minimum absolute atomic E-state index is 0.00971. The summed E-state index contributed by atoms with van der Waals surface area (Å²) in [5, 5.41) is 4.67. The Morgan fingerprint density at radius 2 is 1.08 bits per heavy atom. The molecule has 1 spiro atoms. The van der Waals surface area contributed by atoms with Crippen LogP contribution in [0, 0.1) is 17.3 Å². The van der Waals surface area contributed by atoms with Gasteiger partial charge < -0.3 is 0 Å². The van der Waals surface area contributed by atoms with Gasteiger partial charge >= 0.3 is 0 Å². The Bertz CT molecular complexity index is 2950. The summed E-state index contributed by atoms with van der Waals surface area (Å²) >= 11 is 0. The van der Waals surface area contributed by atoms with E-state index in [-0.39, 0.29) is 16.3 Å². The van der Waals surface area contributed by atoms with Crippen LogP contribution in [0.25, 0.3) is 71.2 Å². The van der Waals surface area contributed by atoms with E-state index in [0.29, 0.717) is 28.0 Å². The topological polar surface area (TPSA) is 47.4 Å². The van der Waals surface area contributed by atoms with E-state index in [1.165, 1.54) is 43.2 Å². The quantitative estimate of drug-likeness (QED) is 0.166. The van der Waals surface area contributed by atoms with Crippen LogP contribution in [0.5, 0.6) is 0 Å². The molecular formula is C44H35N3O2. The lowest BCUT2D eigenvalue weighted by Crippen LogP contribution is -2.41. The molecule has 0 radical (unpaired) electrons. The van der Waals surface area contributed by atoms with E-state index in [9.17, 15) is 0 Å². The lowest BCUT2D eigenvalue weighted by atomic mass is 9.56. The van der Waals surface area contributed by atoms with Crippen molar-refractivity contribution >= 4 is 71.2 Å². The first-order chi connectivity index (χ1) is 23.7. The van der Waals surface area contributed by atoms with E-state index >= 15 is 9.59 Å². The Kier molecular flexibility index (Phi) is 4.13. The fraction of sp³-hybridized carbons (Fsp3) is 0.318. The fourth-order valence-corrected chi connectivity index (χ4v) is 12.4. The van der Waals surface area contributed by atoms with E-state index in [1.807, 2.05) is 0 Å². The second-order valence-corrected chi connectivity index (χ2v) is 17.4. The van der Waals surface area contributed by atoms with Gasteiger partial charge in [-0.05, 0) is 120 Å². The average Bonchev–Trinajstić information content (AvgIpc) is 3.75. The molecule has 4 aromatic carbocycles. The molecule has 5 heteroatoms. The second kappa shape index (κ2) is 7.78. The predicted molar refractivity (Wildman–Crippen MR) is 198 cm³/mol. The van der Waals surface area contributed by atoms with Gasteiger partial charge in [-0.3, -0.25) is 22.8 Å². The number of benzene rings is 4. The Balaban J connectivity index is 1.39. The Labute approximate surface area is 281 Å². The van der Waals surface area contributed by atoms with Gasteiger partial charge in [0.15, 0.2) is 10.9 Å². The van der Waals surface area contributed by atoms with Crippen molar-refractivity contribution in [3.8, 4) is 0 Å². The number of hydrogen-bond donors (Lipinski definition) is 0. The van der Waals surface area contributed by atoms with E-state index in [4.69, 9.17) is 0 Å². The third-order valence-corrected chi connectivity index (χ3v) is 14.4. The SMILES string of the molecule is CC(C)(C)c1cc2c(=O)c3c4ccccc4n4c5cc6c(cc5n5c7ccccc7c7c(=O)c(c1)c2n(c34)c75)C1CC2CC3CC6CC32C1. The van der Waals surface area contributed by atoms with E-state index < -0.39 is 0 Å². The molecule has 0 N–H and O–H groups in total. The highest BCUT2D eigenvalue weighted by molar-refractivity contribution is 6.20. The van der Waals surface area contributed by atoms with Crippen LogP contribution in [0.3, 0.4) is 0 Å². The Morgan fingerprint density at radius 1 is 0.592 bits per heavy atom. The van der Waals surface area contributed by atoms with Crippen LogP contribution in [0.1, 0.15) is 81.4 Å². The molecule has 3 fully saturated rings. The molecule has 4 aliphatic carbocycles. The minimum atomic E-state index is -0.236. The molecule has 0 aliphatic heterocycles. The molecule has 5 nitrogen and oxygen atoms in total. The van der Waals surface area contributed by atoms with E-state index in [0.717, 1.165) is 77.8 Å². The van der Waals surface area contributed by atoms with Gasteiger partial charge in [0.25, 0.3) is 0 Å². The summed E-state index contributed by atoms with van der Waals surface area (Å²) in [5.74, 6) is 2.97. The van der Waals surface area contributed by atoms with E-state index in [1.54, 1.807) is 0 Å². The molecule has 4 unspecified atom stereocenters. The molecule has 5 heterocycles. The van der Waals surface area contributed by atoms with Crippen LogP contribution in [0.4, 0.5) is 0 Å². The maximum atomic E-state index is 15.0. The zero-order valence-electron chi connectivity index (χ0n) is 27.9. The number of nitrogens with zero attached hydrogens (tertiary/aromatic N) is 3. The van der Waals surface area contributed by atoms with Crippen molar-refractivity contribution in [2.24, 2.45) is 17.3 Å². The van der Waals surface area contributed by atoms with Gasteiger partial charge in [0.2, 0.25) is 0 Å². The monoisotopic (exact) mass is 637 g/mol. The van der Waals surface area contributed by atoms with Crippen molar-refractivity contribution < 1.29 is 0 Å². The van der Waals surface area contributed by atoms with Crippen molar-refractivity contribution in [3.63, 3.8) is 0 Å². The summed E-state index contributed by atoms with van der Waals surface area (Å²) in [4.78, 5) is 30.1. The third kappa shape index (κ3) is 2.67. The summed E-state index contributed by atoms with van der Waals surface area (Å²) in [7, 11) is 0. The molecule has 3 bridgehead atoms. The average molecular weight is 638 g/mol. The van der Waals surface area contributed by atoms with Gasteiger partial charge in [0, 0.05) is 21.5 Å². The lowest BCUT2D eigenvalue weighted by molar-refractivity contribution is 0.00322. The standard InChI is InChI=1S/C44H35N3O2/c1-43(2,3)23-15-30-38-31(16-23)40(49)37-27-9-5-7-11-33(27)46-35-18-29-22-13-25-14-24-12-21(19-44(24,25)20-22)28(29)17-34(35)45-32-10-6-4-8-26(32)36(39(30)48)41(45)47(38)42(37)46/h4-11,15-18,21-22,24-25H,12-14,19-20H2,1-3H3. The number of fused-ring (bicyclic) bond motifs is 14. The first-order valence-electron chi connectivity index (χ1n) is 18.3. The highest BCUT2D eigenvalue weighted by atomic mass is 16.1. The Morgan fingerprint density at radius 3 is 1.57 bits per heavy atom. The van der Waals surface area contributed by atoms with Crippen molar-refractivity contribution in [3.05, 3.63) is 110 Å². The van der Waals surface area contributed by atoms with Gasteiger partial charge in [-0.25, -0.2) is 0 Å². The largest absolute Gasteiger partial charge is 0.293 e. The second-order valence-electron chi connectivity index (χ2n) is 17.4. The molecule has 9 aromatic rings. The molecule has 3 saturated carbocycles. The van der Waals surface area contributed by atoms with Crippen molar-refractivity contribution in [1.29, 1.82) is 0 Å². The molecule has 49 heavy (non-hydrogen) atoms. The molecule has 238 valence electrons. The highest BCUT2D eigenvalue weighted by Crippen LogP contribution is 2.76. The van der Waals surface area contributed by atoms with Crippen molar-refractivity contribution in [2.75, 3.05) is 0 Å². The first kappa shape index (κ1) is 26.0. The zero-order valence-corrected chi connectivity index (χ0v) is 27.9. The number of hydrogen-bond acceptors (Lipinski definition) is 2. The van der Waals surface area contributed by atoms with Gasteiger partial charge in [0.1, 0.15) is 11.3 Å². The van der Waals surface area contributed by atoms with Gasteiger partial charge in [-0.2, -0.15) is 0 Å². The maximum absolute atomic E-state index is 15.0. The Hall–Kier alpha value is -4.90. The maximum Gasteiger partial charge on any atom is 0.199 e. The molecule has 4 atom stereocenters. The normalized spacial score (nSPS) is 26.1. The predicted octanol–water partition coefficient (Wildman–Crippen LogP) is 9.50. The number of pyridine rings is 2. The van der Waals surface area contributed by atoms with Crippen LogP contribution < -0.4 is 10.9 Å². The molecule has 4 aliphatic rings. The van der Waals surface area contributed by atoms with Crippen LogP contribution >= 0.6 is 0 Å². The number of rotatable bonds is 0. The van der Waals surface area contributed by atoms with Gasteiger partial charge in [0.05, 0.1) is 38.4 Å². The fourth-order valence-electron chi connectivity index (χ4n) is 12.4. The third-order valence-electron chi connectivity index (χ3n) is 14.4. The summed E-state index contributed by atoms with van der Waals surface area (Å²) in [5.41, 5.74) is 11.2. The van der Waals surface area contributed by atoms with Crippen LogP contribution in [-0.2, 0) is 5.41 Å². The van der Waals surface area contributed by atoms with Crippen LogP contribution in [0.15, 0.2) is 82.4 Å². The van der Waals surface area contributed by atoms with Gasteiger partial charge in [-0.15, -0.1) is 0 Å². The van der Waals surface area contributed by atoms with Crippen molar-refractivity contribution in [2.45, 2.75) is 70.1 Å². The molecular weight excluding hydrogens is 603 g/mol. The molecule has 13 rings (SSSR count). The van der Waals surface area contributed by atoms with Crippen LogP contribution in [-0.4, -0.2) is 13.2 Å².